The van der Waals surface area contributed by atoms with Gasteiger partial charge in [-0.15, -0.1) is 0 Å². The Morgan fingerprint density at radius 3 is 1.06 bits per heavy atom. The summed E-state index contributed by atoms with van der Waals surface area (Å²) in [7, 11) is 0. The number of hydrogen-bond acceptors (Lipinski definition) is 2. The van der Waals surface area contributed by atoms with Gasteiger partial charge < -0.3 is 7.58 Å². The number of benzene rings is 2. The third-order valence-corrected chi connectivity index (χ3v) is 8.43. The lowest BCUT2D eigenvalue weighted by atomic mass is 9.79. The highest BCUT2D eigenvalue weighted by atomic mass is 27.2. The second-order valence-corrected chi connectivity index (χ2v) is 16.1. The molecule has 2 aromatic rings. The summed E-state index contributed by atoms with van der Waals surface area (Å²) in [6.07, 6.45) is 2.25. The van der Waals surface area contributed by atoms with E-state index < -0.39 is 14.8 Å². The van der Waals surface area contributed by atoms with Crippen LogP contribution in [0.1, 0.15) is 125 Å². The Kier molecular flexibility index (Phi) is 9.28. The maximum absolute atomic E-state index is 7.09. The van der Waals surface area contributed by atoms with Crippen LogP contribution < -0.4 is 7.58 Å². The van der Waals surface area contributed by atoms with Crippen LogP contribution in [0.5, 0.6) is 11.5 Å². The van der Waals surface area contributed by atoms with Crippen molar-refractivity contribution in [2.45, 2.75) is 130 Å². The Labute approximate surface area is 221 Å². The summed E-state index contributed by atoms with van der Waals surface area (Å²) in [5, 5.41) is 0.987. The van der Waals surface area contributed by atoms with Crippen molar-refractivity contribution in [2.24, 2.45) is 0 Å². The fraction of sp³-hybridized carbons (Fsp3) is 0.625. The molecule has 0 radical (unpaired) electrons. The van der Waals surface area contributed by atoms with Gasteiger partial charge in [0, 0.05) is 0 Å². The molecule has 0 spiro atoms. The van der Waals surface area contributed by atoms with E-state index in [1.165, 1.54) is 22.3 Å². The molecule has 0 aliphatic carbocycles. The summed E-state index contributed by atoms with van der Waals surface area (Å²) in [6.45, 7) is 29.6. The highest BCUT2D eigenvalue weighted by molar-refractivity contribution is 6.46. The second kappa shape index (κ2) is 10.9. The average molecular weight is 495 g/mol. The molecule has 0 aromatic heterocycles. The van der Waals surface area contributed by atoms with Crippen molar-refractivity contribution in [3.63, 3.8) is 0 Å². The first-order valence-corrected chi connectivity index (χ1v) is 15.2. The van der Waals surface area contributed by atoms with Gasteiger partial charge in [-0.2, -0.15) is 0 Å². The number of para-hydroxylation sites is 2. The number of hydrogen-bond donors (Lipinski definition) is 0. The maximum Gasteiger partial charge on any atom is 0.856 e. The zero-order valence-electron chi connectivity index (χ0n) is 25.0. The van der Waals surface area contributed by atoms with Gasteiger partial charge in [-0.05, 0) is 49.2 Å². The number of rotatable bonds is 7. The van der Waals surface area contributed by atoms with Crippen LogP contribution >= 0.6 is 0 Å². The van der Waals surface area contributed by atoms with Crippen molar-refractivity contribution in [3.8, 4) is 11.5 Å². The molecule has 0 saturated heterocycles. The average Bonchev–Trinajstić information content (AvgIpc) is 2.69. The lowest BCUT2D eigenvalue weighted by Gasteiger charge is -2.34. The van der Waals surface area contributed by atoms with Crippen LogP contribution in [0.4, 0.5) is 0 Å². The summed E-state index contributed by atoms with van der Waals surface area (Å²) < 4.78 is 14.2. The molecule has 0 saturated carbocycles. The molecule has 0 amide bonds. The fourth-order valence-electron chi connectivity index (χ4n) is 4.47. The second-order valence-electron chi connectivity index (χ2n) is 14.2. The van der Waals surface area contributed by atoms with E-state index >= 15 is 0 Å². The Morgan fingerprint density at radius 1 is 0.543 bits per heavy atom. The molecular weight excluding hydrogens is 443 g/mol. The van der Waals surface area contributed by atoms with Crippen molar-refractivity contribution in [1.29, 1.82) is 0 Å². The quantitative estimate of drug-likeness (QED) is 0.357. The summed E-state index contributed by atoms with van der Waals surface area (Å²) >= 11 is -2.10. The molecule has 0 aliphatic rings. The van der Waals surface area contributed by atoms with Gasteiger partial charge in [0.05, 0.1) is 11.5 Å². The first kappa shape index (κ1) is 29.8. The summed E-state index contributed by atoms with van der Waals surface area (Å²) in [5.41, 5.74) is 5.01. The van der Waals surface area contributed by atoms with E-state index in [0.29, 0.717) is 0 Å². The Bertz CT molecular complexity index is 837. The van der Waals surface area contributed by atoms with Crippen LogP contribution in [0.2, 0.25) is 5.28 Å². The fourth-order valence-corrected chi connectivity index (χ4v) is 6.52. The van der Waals surface area contributed by atoms with Crippen molar-refractivity contribution in [2.75, 3.05) is 0 Å². The van der Waals surface area contributed by atoms with Gasteiger partial charge >= 0.3 is 14.8 Å². The molecule has 0 bridgehead atoms. The zero-order valence-corrected chi connectivity index (χ0v) is 26.1. The van der Waals surface area contributed by atoms with Gasteiger partial charge in [-0.1, -0.05) is 139 Å². The van der Waals surface area contributed by atoms with Crippen LogP contribution in [0.15, 0.2) is 36.4 Å². The van der Waals surface area contributed by atoms with E-state index in [4.69, 9.17) is 7.58 Å². The van der Waals surface area contributed by atoms with E-state index in [1.807, 2.05) is 0 Å². The molecule has 0 N–H and O–H groups in total. The smallest absolute Gasteiger partial charge is 0.611 e. The van der Waals surface area contributed by atoms with Crippen molar-refractivity contribution in [1.82, 2.24) is 0 Å². The maximum atomic E-state index is 7.09. The van der Waals surface area contributed by atoms with Gasteiger partial charge in [0.25, 0.3) is 0 Å². The van der Waals surface area contributed by atoms with Crippen LogP contribution in [0.3, 0.4) is 0 Å². The van der Waals surface area contributed by atoms with Crippen LogP contribution in [-0.2, 0) is 21.7 Å². The zero-order chi connectivity index (χ0) is 26.8. The molecule has 0 heterocycles. The van der Waals surface area contributed by atoms with Crippen LogP contribution in [-0.4, -0.2) is 14.8 Å². The predicted octanol–water partition coefficient (Wildman–Crippen LogP) is 9.62. The standard InChI is InChI=1S/2C14H22O.C4H9.Al/c2*1-13(2,3)10-8-7-9-11(12(10)15)14(4,5)6;1-3-4-2;/h2*7-9,15H,1-6H3;1,3-4H2,2H3;/q;;;+2/p-2. The topological polar surface area (TPSA) is 18.5 Å². The molecule has 0 aliphatic heterocycles. The monoisotopic (exact) mass is 494 g/mol. The minimum atomic E-state index is -2.10. The van der Waals surface area contributed by atoms with Gasteiger partial charge in [-0.3, -0.25) is 0 Å². The molecule has 2 rings (SSSR count). The molecule has 0 unspecified atom stereocenters. The van der Waals surface area contributed by atoms with E-state index in [-0.39, 0.29) is 21.7 Å². The lowest BCUT2D eigenvalue weighted by Crippen LogP contribution is -2.34. The minimum absolute atomic E-state index is 0.0137. The molecule has 194 valence electrons. The summed E-state index contributed by atoms with van der Waals surface area (Å²) in [4.78, 5) is 0. The third-order valence-electron chi connectivity index (χ3n) is 6.55. The minimum Gasteiger partial charge on any atom is -0.611 e. The van der Waals surface area contributed by atoms with Crippen LogP contribution in [0, 0.1) is 0 Å². The summed E-state index contributed by atoms with van der Waals surface area (Å²) in [6, 6.07) is 13.3. The first-order chi connectivity index (χ1) is 15.9. The van der Waals surface area contributed by atoms with E-state index in [1.54, 1.807) is 0 Å². The lowest BCUT2D eigenvalue weighted by molar-refractivity contribution is 0.384. The summed E-state index contributed by atoms with van der Waals surface area (Å²) in [5.74, 6) is 2.09. The molecule has 3 heteroatoms. The third kappa shape index (κ3) is 7.78. The molecule has 35 heavy (non-hydrogen) atoms. The predicted molar refractivity (Wildman–Crippen MR) is 154 cm³/mol. The highest BCUT2D eigenvalue weighted by Gasteiger charge is 2.38. The van der Waals surface area contributed by atoms with Gasteiger partial charge in [0.15, 0.2) is 0 Å². The van der Waals surface area contributed by atoms with Gasteiger partial charge in [0.1, 0.15) is 0 Å². The van der Waals surface area contributed by atoms with E-state index in [9.17, 15) is 0 Å². The molecule has 0 fully saturated rings. The first-order valence-electron chi connectivity index (χ1n) is 13.5. The van der Waals surface area contributed by atoms with E-state index in [2.05, 4.69) is 126 Å². The highest BCUT2D eigenvalue weighted by Crippen LogP contribution is 2.42. The van der Waals surface area contributed by atoms with Crippen molar-refractivity contribution in [3.05, 3.63) is 58.7 Å². The molecule has 0 atom stereocenters. The normalized spacial score (nSPS) is 13.1. The van der Waals surface area contributed by atoms with Gasteiger partial charge in [0.2, 0.25) is 0 Å². The van der Waals surface area contributed by atoms with Gasteiger partial charge in [-0.25, -0.2) is 0 Å². The molecule has 2 nitrogen and oxygen atoms in total. The SMILES string of the molecule is CCC[CH2][Al]([O]c1c(C(C)(C)C)cccc1C(C)(C)C)[O]c1c(C(C)(C)C)cccc1C(C)(C)C. The van der Waals surface area contributed by atoms with E-state index in [0.717, 1.165) is 29.6 Å². The Balaban J connectivity index is 2.69. The molecular formula is C32H51AlO2. The molecule has 2 aromatic carbocycles. The van der Waals surface area contributed by atoms with Crippen molar-refractivity contribution < 1.29 is 7.58 Å². The largest absolute Gasteiger partial charge is 0.856 e. The number of unbranched alkanes of at least 4 members (excludes halogenated alkanes) is 1. The van der Waals surface area contributed by atoms with Crippen LogP contribution in [0.25, 0.3) is 0 Å². The Hall–Kier alpha value is -1.43. The Morgan fingerprint density at radius 2 is 0.829 bits per heavy atom. The van der Waals surface area contributed by atoms with Crippen molar-refractivity contribution >= 4 is 14.8 Å².